The Labute approximate surface area is 126 Å². The lowest BCUT2D eigenvalue weighted by atomic mass is 10.1. The smallest absolute Gasteiger partial charge is 0.411 e. The van der Waals surface area contributed by atoms with Crippen molar-refractivity contribution in [2.45, 2.75) is 17.4 Å². The second kappa shape index (κ2) is 7.50. The van der Waals surface area contributed by atoms with Crippen LogP contribution in [0.15, 0.2) is 22.7 Å². The van der Waals surface area contributed by atoms with Gasteiger partial charge in [0.2, 0.25) is 0 Å². The van der Waals surface area contributed by atoms with Crippen molar-refractivity contribution in [3.05, 3.63) is 28.2 Å². The van der Waals surface area contributed by atoms with Gasteiger partial charge in [-0.2, -0.15) is 13.2 Å². The highest BCUT2D eigenvalue weighted by Crippen LogP contribution is 2.34. The van der Waals surface area contributed by atoms with Crippen LogP contribution in [0, 0.1) is 0 Å². The van der Waals surface area contributed by atoms with E-state index in [9.17, 15) is 13.2 Å². The normalized spacial score (nSPS) is 13.4. The van der Waals surface area contributed by atoms with Crippen LogP contribution in [0.5, 0.6) is 5.75 Å². The lowest BCUT2D eigenvalue weighted by Crippen LogP contribution is -2.17. The number of ether oxygens (including phenoxy) is 2. The predicted octanol–water partition coefficient (Wildman–Crippen LogP) is 4.86. The molecule has 0 radical (unpaired) electrons. The number of halogens is 5. The summed E-state index contributed by atoms with van der Waals surface area (Å²) in [6.07, 6.45) is -3.83. The van der Waals surface area contributed by atoms with Crippen molar-refractivity contribution in [2.24, 2.45) is 0 Å². The third-order valence-electron chi connectivity index (χ3n) is 2.33. The molecule has 0 aliphatic rings. The summed E-state index contributed by atoms with van der Waals surface area (Å²) in [7, 11) is 1.57. The SMILES string of the molecule is COc1ccc(C(Br)CCOCC(F)(F)F)c(Br)c1. The molecule has 0 heterocycles. The van der Waals surface area contributed by atoms with Crippen molar-refractivity contribution >= 4 is 31.9 Å². The fraction of sp³-hybridized carbons (Fsp3) is 0.500. The van der Waals surface area contributed by atoms with E-state index in [1.54, 1.807) is 19.2 Å². The Hall–Kier alpha value is -0.270. The summed E-state index contributed by atoms with van der Waals surface area (Å²) in [5, 5.41) is 0. The molecule has 0 saturated heterocycles. The van der Waals surface area contributed by atoms with E-state index in [1.165, 1.54) is 0 Å². The van der Waals surface area contributed by atoms with Crippen LogP contribution in [-0.2, 0) is 4.74 Å². The average Bonchev–Trinajstić information content (AvgIpc) is 2.33. The van der Waals surface area contributed by atoms with Gasteiger partial charge in [-0.25, -0.2) is 0 Å². The third kappa shape index (κ3) is 6.14. The average molecular weight is 406 g/mol. The first kappa shape index (κ1) is 16.8. The van der Waals surface area contributed by atoms with Crippen LogP contribution < -0.4 is 4.74 Å². The van der Waals surface area contributed by atoms with Crippen LogP contribution >= 0.6 is 31.9 Å². The molecule has 1 aromatic carbocycles. The Bertz CT molecular complexity index is 410. The molecule has 1 atom stereocenters. The minimum atomic E-state index is -4.28. The van der Waals surface area contributed by atoms with Gasteiger partial charge < -0.3 is 9.47 Å². The lowest BCUT2D eigenvalue weighted by molar-refractivity contribution is -0.174. The van der Waals surface area contributed by atoms with E-state index in [-0.39, 0.29) is 11.4 Å². The van der Waals surface area contributed by atoms with E-state index in [4.69, 9.17) is 4.74 Å². The first-order chi connectivity index (χ1) is 8.83. The zero-order valence-corrected chi connectivity index (χ0v) is 13.3. The Morgan fingerprint density at radius 1 is 1.32 bits per heavy atom. The van der Waals surface area contributed by atoms with E-state index in [0.717, 1.165) is 10.0 Å². The summed E-state index contributed by atoms with van der Waals surface area (Å²) in [6.45, 7) is -1.18. The summed E-state index contributed by atoms with van der Waals surface area (Å²) in [5.41, 5.74) is 0.941. The summed E-state index contributed by atoms with van der Waals surface area (Å²) < 4.78 is 46.2. The highest BCUT2D eigenvalue weighted by atomic mass is 79.9. The molecule has 108 valence electrons. The van der Waals surface area contributed by atoms with Gasteiger partial charge in [-0.05, 0) is 24.1 Å². The standard InChI is InChI=1S/C12H13Br2F3O2/c1-18-8-2-3-9(11(14)6-8)10(13)4-5-19-7-12(15,16)17/h2-3,6,10H,4-5,7H2,1H3. The van der Waals surface area contributed by atoms with E-state index >= 15 is 0 Å². The lowest BCUT2D eigenvalue weighted by Gasteiger charge is -2.14. The molecule has 1 rings (SSSR count). The molecule has 19 heavy (non-hydrogen) atoms. The Kier molecular flexibility index (Phi) is 6.62. The van der Waals surface area contributed by atoms with Gasteiger partial charge in [-0.1, -0.05) is 37.9 Å². The molecule has 1 unspecified atom stereocenters. The molecule has 0 fully saturated rings. The molecule has 0 aliphatic heterocycles. The molecule has 0 bridgehead atoms. The highest BCUT2D eigenvalue weighted by molar-refractivity contribution is 9.11. The zero-order valence-electron chi connectivity index (χ0n) is 10.1. The van der Waals surface area contributed by atoms with E-state index in [1.807, 2.05) is 6.07 Å². The summed E-state index contributed by atoms with van der Waals surface area (Å²) in [5.74, 6) is 0.712. The number of methoxy groups -OCH3 is 1. The molecular weight excluding hydrogens is 393 g/mol. The first-order valence-electron chi connectivity index (χ1n) is 5.45. The van der Waals surface area contributed by atoms with E-state index in [2.05, 4.69) is 36.6 Å². The van der Waals surface area contributed by atoms with Gasteiger partial charge in [0.05, 0.1) is 7.11 Å². The van der Waals surface area contributed by atoms with Crippen molar-refractivity contribution in [3.8, 4) is 5.75 Å². The molecule has 7 heteroatoms. The fourth-order valence-electron chi connectivity index (χ4n) is 1.42. The Morgan fingerprint density at radius 3 is 2.53 bits per heavy atom. The van der Waals surface area contributed by atoms with Crippen LogP contribution in [0.1, 0.15) is 16.8 Å². The first-order valence-corrected chi connectivity index (χ1v) is 7.16. The van der Waals surface area contributed by atoms with Crippen molar-refractivity contribution in [1.82, 2.24) is 0 Å². The van der Waals surface area contributed by atoms with Gasteiger partial charge in [0.25, 0.3) is 0 Å². The van der Waals surface area contributed by atoms with Gasteiger partial charge in [-0.15, -0.1) is 0 Å². The van der Waals surface area contributed by atoms with Gasteiger partial charge in [-0.3, -0.25) is 0 Å². The van der Waals surface area contributed by atoms with Crippen LogP contribution in [0.4, 0.5) is 13.2 Å². The maximum absolute atomic E-state index is 11.9. The molecule has 0 aliphatic carbocycles. The molecule has 0 aromatic heterocycles. The fourth-order valence-corrected chi connectivity index (χ4v) is 2.95. The number of hydrogen-bond acceptors (Lipinski definition) is 2. The minimum Gasteiger partial charge on any atom is -0.497 e. The molecule has 2 nitrogen and oxygen atoms in total. The number of rotatable bonds is 6. The van der Waals surface area contributed by atoms with Crippen LogP contribution in [0.25, 0.3) is 0 Å². The van der Waals surface area contributed by atoms with E-state index < -0.39 is 12.8 Å². The van der Waals surface area contributed by atoms with Crippen molar-refractivity contribution in [2.75, 3.05) is 20.3 Å². The maximum Gasteiger partial charge on any atom is 0.411 e. The van der Waals surface area contributed by atoms with Crippen molar-refractivity contribution < 1.29 is 22.6 Å². The van der Waals surface area contributed by atoms with Crippen molar-refractivity contribution in [3.63, 3.8) is 0 Å². The summed E-state index contributed by atoms with van der Waals surface area (Å²) in [6, 6.07) is 5.46. The second-order valence-electron chi connectivity index (χ2n) is 3.81. The largest absolute Gasteiger partial charge is 0.497 e. The molecule has 0 saturated carbocycles. The van der Waals surface area contributed by atoms with Crippen LogP contribution in [0.2, 0.25) is 0 Å². The van der Waals surface area contributed by atoms with Crippen LogP contribution in [0.3, 0.4) is 0 Å². The van der Waals surface area contributed by atoms with Crippen LogP contribution in [-0.4, -0.2) is 26.5 Å². The van der Waals surface area contributed by atoms with Gasteiger partial charge >= 0.3 is 6.18 Å². The van der Waals surface area contributed by atoms with Crippen molar-refractivity contribution in [1.29, 1.82) is 0 Å². The molecule has 0 amide bonds. The molecular formula is C12H13Br2F3O2. The quantitative estimate of drug-likeness (QED) is 0.496. The Morgan fingerprint density at radius 2 is 2.00 bits per heavy atom. The third-order valence-corrected chi connectivity index (χ3v) is 3.96. The van der Waals surface area contributed by atoms with Gasteiger partial charge in [0.1, 0.15) is 12.4 Å². The van der Waals surface area contributed by atoms with Gasteiger partial charge in [0, 0.05) is 15.9 Å². The maximum atomic E-state index is 11.9. The molecule has 1 aromatic rings. The minimum absolute atomic E-state index is 0.0356. The topological polar surface area (TPSA) is 18.5 Å². The number of benzene rings is 1. The Balaban J connectivity index is 2.47. The van der Waals surface area contributed by atoms with Gasteiger partial charge in [0.15, 0.2) is 0 Å². The molecule has 0 spiro atoms. The second-order valence-corrected chi connectivity index (χ2v) is 5.77. The predicted molar refractivity (Wildman–Crippen MR) is 73.9 cm³/mol. The number of alkyl halides is 4. The monoisotopic (exact) mass is 404 g/mol. The zero-order chi connectivity index (χ0) is 14.5. The van der Waals surface area contributed by atoms with E-state index in [0.29, 0.717) is 12.2 Å². The highest BCUT2D eigenvalue weighted by Gasteiger charge is 2.27. The summed E-state index contributed by atoms with van der Waals surface area (Å²) in [4.78, 5) is -0.0824. The summed E-state index contributed by atoms with van der Waals surface area (Å²) >= 11 is 6.83. The number of hydrogen-bond donors (Lipinski definition) is 0. The molecule has 0 N–H and O–H groups in total.